The minimum absolute atomic E-state index is 0.103. The molecule has 10 heteroatoms. The number of carbonyl (C=O) groups is 1. The van der Waals surface area contributed by atoms with Crippen molar-refractivity contribution in [1.82, 2.24) is 20.4 Å². The normalized spacial score (nSPS) is 10.1. The van der Waals surface area contributed by atoms with E-state index in [9.17, 15) is 14.9 Å². The third-order valence-electron chi connectivity index (χ3n) is 3.35. The molecule has 0 fully saturated rings. The zero-order valence-electron chi connectivity index (χ0n) is 13.9. The average molecular weight is 366 g/mol. The standard InChI is InChI=1S/C17H14N6O4/c24-14(9-12-5-2-1-3-6-12)21-22-16-15(23(25)26)17(20-11-19-16)27-13-7-4-8-18-10-13/h1-8,10-11H,9H2,(H,21,24)(H,19,20,22). The Labute approximate surface area is 153 Å². The Morgan fingerprint density at radius 3 is 2.67 bits per heavy atom. The lowest BCUT2D eigenvalue weighted by atomic mass is 10.1. The number of rotatable bonds is 7. The number of anilines is 1. The van der Waals surface area contributed by atoms with Gasteiger partial charge < -0.3 is 4.74 Å². The van der Waals surface area contributed by atoms with E-state index in [2.05, 4.69) is 25.8 Å². The maximum atomic E-state index is 12.0. The number of nitrogens with zero attached hydrogens (tertiary/aromatic N) is 4. The summed E-state index contributed by atoms with van der Waals surface area (Å²) in [5.74, 6) is -0.583. The fourth-order valence-corrected chi connectivity index (χ4v) is 2.17. The third kappa shape index (κ3) is 4.72. The van der Waals surface area contributed by atoms with Gasteiger partial charge in [0.05, 0.1) is 17.5 Å². The van der Waals surface area contributed by atoms with Crippen LogP contribution in [0.1, 0.15) is 5.56 Å². The van der Waals surface area contributed by atoms with Gasteiger partial charge in [0, 0.05) is 6.20 Å². The molecule has 1 amide bonds. The van der Waals surface area contributed by atoms with Gasteiger partial charge >= 0.3 is 11.6 Å². The molecular formula is C17H14N6O4. The molecule has 0 unspecified atom stereocenters. The van der Waals surface area contributed by atoms with E-state index in [-0.39, 0.29) is 29.8 Å². The zero-order chi connectivity index (χ0) is 19.1. The lowest BCUT2D eigenvalue weighted by Gasteiger charge is -2.10. The van der Waals surface area contributed by atoms with Gasteiger partial charge in [0.2, 0.25) is 11.7 Å². The van der Waals surface area contributed by atoms with Crippen molar-refractivity contribution in [2.45, 2.75) is 6.42 Å². The molecule has 0 aliphatic rings. The summed E-state index contributed by atoms with van der Waals surface area (Å²) in [7, 11) is 0. The Kier molecular flexibility index (Phi) is 5.48. The molecule has 3 rings (SSSR count). The molecule has 0 bridgehead atoms. The molecular weight excluding hydrogens is 352 g/mol. The number of hydrogen-bond donors (Lipinski definition) is 2. The Hall–Kier alpha value is -4.08. The molecule has 136 valence electrons. The van der Waals surface area contributed by atoms with Crippen LogP contribution in [0.15, 0.2) is 61.2 Å². The van der Waals surface area contributed by atoms with Crippen molar-refractivity contribution < 1.29 is 14.5 Å². The van der Waals surface area contributed by atoms with E-state index >= 15 is 0 Å². The fraction of sp³-hybridized carbons (Fsp3) is 0.0588. The molecule has 0 aliphatic heterocycles. The van der Waals surface area contributed by atoms with E-state index in [1.807, 2.05) is 18.2 Å². The van der Waals surface area contributed by atoms with Crippen molar-refractivity contribution in [3.05, 3.63) is 76.9 Å². The van der Waals surface area contributed by atoms with Crippen LogP contribution in [0.5, 0.6) is 11.6 Å². The van der Waals surface area contributed by atoms with Gasteiger partial charge in [-0.05, 0) is 17.7 Å². The summed E-state index contributed by atoms with van der Waals surface area (Å²) in [6.07, 6.45) is 4.12. The maximum absolute atomic E-state index is 12.0. The number of benzene rings is 1. The van der Waals surface area contributed by atoms with Crippen molar-refractivity contribution in [2.24, 2.45) is 0 Å². The summed E-state index contributed by atoms with van der Waals surface area (Å²) in [5, 5.41) is 11.4. The van der Waals surface area contributed by atoms with Gasteiger partial charge in [0.25, 0.3) is 0 Å². The summed E-state index contributed by atoms with van der Waals surface area (Å²) in [6, 6.07) is 12.3. The van der Waals surface area contributed by atoms with Crippen LogP contribution in [-0.4, -0.2) is 25.8 Å². The van der Waals surface area contributed by atoms with Crippen LogP contribution in [0.25, 0.3) is 0 Å². The van der Waals surface area contributed by atoms with Crippen molar-refractivity contribution in [3.63, 3.8) is 0 Å². The molecule has 0 saturated heterocycles. The summed E-state index contributed by atoms with van der Waals surface area (Å²) in [4.78, 5) is 34.2. The van der Waals surface area contributed by atoms with Gasteiger partial charge in [-0.3, -0.25) is 30.7 Å². The summed E-state index contributed by atoms with van der Waals surface area (Å²) < 4.78 is 5.41. The fourth-order valence-electron chi connectivity index (χ4n) is 2.17. The number of aromatic nitrogens is 3. The van der Waals surface area contributed by atoms with Crippen LogP contribution in [0, 0.1) is 10.1 Å². The molecule has 0 saturated carbocycles. The van der Waals surface area contributed by atoms with Crippen molar-refractivity contribution in [1.29, 1.82) is 0 Å². The second-order valence-electron chi connectivity index (χ2n) is 5.26. The van der Waals surface area contributed by atoms with E-state index in [1.54, 1.807) is 24.3 Å². The predicted octanol–water partition coefficient (Wildman–Crippen LogP) is 2.26. The first kappa shape index (κ1) is 17.7. The van der Waals surface area contributed by atoms with E-state index in [0.717, 1.165) is 11.9 Å². The quantitative estimate of drug-likeness (QED) is 0.481. The average Bonchev–Trinajstić information content (AvgIpc) is 2.68. The Morgan fingerprint density at radius 2 is 1.96 bits per heavy atom. The second-order valence-corrected chi connectivity index (χ2v) is 5.26. The van der Waals surface area contributed by atoms with Crippen molar-refractivity contribution in [3.8, 4) is 11.6 Å². The number of amides is 1. The molecule has 3 aromatic rings. The highest BCUT2D eigenvalue weighted by atomic mass is 16.6. The van der Waals surface area contributed by atoms with Gasteiger partial charge in [-0.15, -0.1) is 0 Å². The van der Waals surface area contributed by atoms with E-state index in [4.69, 9.17) is 4.74 Å². The highest BCUT2D eigenvalue weighted by molar-refractivity contribution is 5.80. The van der Waals surface area contributed by atoms with Gasteiger partial charge in [-0.25, -0.2) is 4.98 Å². The van der Waals surface area contributed by atoms with Crippen LogP contribution in [-0.2, 0) is 11.2 Å². The molecule has 10 nitrogen and oxygen atoms in total. The number of pyridine rings is 1. The Bertz CT molecular complexity index is 937. The molecule has 0 atom stereocenters. The number of nitrogens with one attached hydrogen (secondary N) is 2. The van der Waals surface area contributed by atoms with Crippen LogP contribution in [0.3, 0.4) is 0 Å². The summed E-state index contributed by atoms with van der Waals surface area (Å²) in [6.45, 7) is 0. The van der Waals surface area contributed by atoms with Crippen molar-refractivity contribution in [2.75, 3.05) is 5.43 Å². The molecule has 1 aromatic carbocycles. The number of carbonyl (C=O) groups excluding carboxylic acids is 1. The summed E-state index contributed by atoms with van der Waals surface area (Å²) >= 11 is 0. The first-order valence-corrected chi connectivity index (χ1v) is 7.79. The largest absolute Gasteiger partial charge is 0.432 e. The molecule has 2 aromatic heterocycles. The monoisotopic (exact) mass is 366 g/mol. The van der Waals surface area contributed by atoms with Crippen LogP contribution in [0.2, 0.25) is 0 Å². The van der Waals surface area contributed by atoms with Crippen LogP contribution >= 0.6 is 0 Å². The molecule has 2 heterocycles. The number of ether oxygens (including phenoxy) is 1. The lowest BCUT2D eigenvalue weighted by molar-refractivity contribution is -0.385. The minimum atomic E-state index is -0.697. The van der Waals surface area contributed by atoms with Crippen LogP contribution in [0.4, 0.5) is 11.5 Å². The van der Waals surface area contributed by atoms with Gasteiger partial charge in [-0.2, -0.15) is 4.98 Å². The maximum Gasteiger partial charge on any atom is 0.374 e. The van der Waals surface area contributed by atoms with Crippen LogP contribution < -0.4 is 15.6 Å². The van der Waals surface area contributed by atoms with Gasteiger partial charge in [-0.1, -0.05) is 30.3 Å². The third-order valence-corrected chi connectivity index (χ3v) is 3.35. The van der Waals surface area contributed by atoms with Gasteiger partial charge in [0.15, 0.2) is 0 Å². The number of hydrazine groups is 1. The topological polar surface area (TPSA) is 132 Å². The molecule has 0 aliphatic carbocycles. The zero-order valence-corrected chi connectivity index (χ0v) is 13.9. The second kappa shape index (κ2) is 8.34. The molecule has 0 spiro atoms. The van der Waals surface area contributed by atoms with E-state index < -0.39 is 10.6 Å². The highest BCUT2D eigenvalue weighted by Gasteiger charge is 2.25. The Morgan fingerprint density at radius 1 is 1.15 bits per heavy atom. The van der Waals surface area contributed by atoms with Crippen molar-refractivity contribution >= 4 is 17.4 Å². The van der Waals surface area contributed by atoms with Gasteiger partial charge in [0.1, 0.15) is 12.1 Å². The number of nitro groups is 1. The predicted molar refractivity (Wildman–Crippen MR) is 94.9 cm³/mol. The number of hydrogen-bond acceptors (Lipinski definition) is 8. The molecule has 0 radical (unpaired) electrons. The highest BCUT2D eigenvalue weighted by Crippen LogP contribution is 2.33. The smallest absolute Gasteiger partial charge is 0.374 e. The minimum Gasteiger partial charge on any atom is -0.432 e. The lowest BCUT2D eigenvalue weighted by Crippen LogP contribution is -2.31. The summed E-state index contributed by atoms with van der Waals surface area (Å²) in [5.41, 5.74) is 5.12. The molecule has 2 N–H and O–H groups in total. The first-order valence-electron chi connectivity index (χ1n) is 7.79. The first-order chi connectivity index (χ1) is 13.1. The van der Waals surface area contributed by atoms with E-state index in [1.165, 1.54) is 12.4 Å². The Balaban J connectivity index is 1.74. The SMILES string of the molecule is O=C(Cc1ccccc1)NNc1ncnc(Oc2cccnc2)c1[N+](=O)[O-]. The molecule has 27 heavy (non-hydrogen) atoms. The van der Waals surface area contributed by atoms with E-state index in [0.29, 0.717) is 0 Å².